The van der Waals surface area contributed by atoms with E-state index in [1.807, 2.05) is 0 Å². The van der Waals surface area contributed by atoms with Crippen LogP contribution in [0, 0.1) is 0 Å². The van der Waals surface area contributed by atoms with Crippen LogP contribution in [0.1, 0.15) is 27.2 Å². The average Bonchev–Trinajstić information content (AvgIpc) is 3.13. The number of hydrogen-bond donors (Lipinski definition) is 1. The maximum atomic E-state index is 13.3. The van der Waals surface area contributed by atoms with Crippen molar-refractivity contribution in [3.63, 3.8) is 0 Å². The molecule has 12 heteroatoms. The van der Waals surface area contributed by atoms with E-state index in [1.54, 1.807) is 11.4 Å². The summed E-state index contributed by atoms with van der Waals surface area (Å²) in [6.07, 6.45) is -15.6. The molecule has 2 aromatic carbocycles. The number of benzene rings is 2. The molecule has 1 N–H and O–H groups in total. The van der Waals surface area contributed by atoms with Crippen LogP contribution in [0.15, 0.2) is 59.0 Å². The zero-order valence-electron chi connectivity index (χ0n) is 15.4. The van der Waals surface area contributed by atoms with E-state index in [-0.39, 0.29) is 29.5 Å². The molecule has 0 saturated carbocycles. The minimum Gasteiger partial charge on any atom is -0.451 e. The van der Waals surface area contributed by atoms with Gasteiger partial charge < -0.3 is 9.73 Å². The third-order valence-corrected chi connectivity index (χ3v) is 4.14. The summed E-state index contributed by atoms with van der Waals surface area (Å²) in [6, 6.07) is 8.16. The minimum atomic E-state index is -5.20. The van der Waals surface area contributed by atoms with Gasteiger partial charge in [-0.25, -0.2) is 0 Å². The van der Waals surface area contributed by atoms with Crippen molar-refractivity contribution in [2.75, 3.05) is 5.32 Å². The van der Waals surface area contributed by atoms with Gasteiger partial charge in [-0.3, -0.25) is 4.79 Å². The Kier molecular flexibility index (Phi) is 5.75. The van der Waals surface area contributed by atoms with E-state index in [1.165, 1.54) is 24.3 Å². The fourth-order valence-electron chi connectivity index (χ4n) is 2.74. The smallest absolute Gasteiger partial charge is 0.450 e. The summed E-state index contributed by atoms with van der Waals surface area (Å²) in [6.45, 7) is 0. The van der Waals surface area contributed by atoms with Gasteiger partial charge in [-0.15, -0.1) is 0 Å². The first-order valence-electron chi connectivity index (χ1n) is 8.53. The predicted octanol–water partition coefficient (Wildman–Crippen LogP) is 7.26. The van der Waals surface area contributed by atoms with E-state index >= 15 is 0 Å². The quantitative estimate of drug-likeness (QED) is 0.412. The lowest BCUT2D eigenvalue weighted by Crippen LogP contribution is -2.18. The van der Waals surface area contributed by atoms with Crippen LogP contribution in [0.3, 0.4) is 0 Å². The maximum absolute atomic E-state index is 13.3. The van der Waals surface area contributed by atoms with Crippen LogP contribution in [0.5, 0.6) is 0 Å². The molecule has 0 aliphatic heterocycles. The molecule has 1 heterocycles. The van der Waals surface area contributed by atoms with E-state index in [9.17, 15) is 44.3 Å². The molecule has 1 amide bonds. The molecule has 0 saturated heterocycles. The SMILES string of the molecule is O=C(Nc1cc(C(F)(F)F)cc(C(F)(F)F)c1)c1cc(-c2ccccc2)oc1C(F)(F)F. The molecule has 0 atom stereocenters. The van der Waals surface area contributed by atoms with Crippen molar-refractivity contribution in [1.29, 1.82) is 0 Å². The summed E-state index contributed by atoms with van der Waals surface area (Å²) in [5.74, 6) is -3.73. The molecule has 0 fully saturated rings. The summed E-state index contributed by atoms with van der Waals surface area (Å²) < 4.78 is 123. The highest BCUT2D eigenvalue weighted by molar-refractivity contribution is 6.05. The first-order chi connectivity index (χ1) is 14.7. The zero-order valence-corrected chi connectivity index (χ0v) is 15.4. The van der Waals surface area contributed by atoms with Gasteiger partial charge in [-0.2, -0.15) is 39.5 Å². The van der Waals surface area contributed by atoms with Gasteiger partial charge in [0.15, 0.2) is 0 Å². The first kappa shape index (κ1) is 23.2. The number of halogens is 9. The third kappa shape index (κ3) is 5.06. The first-order valence-corrected chi connectivity index (χ1v) is 8.53. The lowest BCUT2D eigenvalue weighted by molar-refractivity contribution is -0.153. The second-order valence-electron chi connectivity index (χ2n) is 6.47. The topological polar surface area (TPSA) is 42.2 Å². The van der Waals surface area contributed by atoms with Crippen molar-refractivity contribution in [3.8, 4) is 11.3 Å². The Morgan fingerprint density at radius 1 is 0.719 bits per heavy atom. The standard InChI is InChI=1S/C20H10F9NO2/c21-18(22,23)11-6-12(19(24,25)26)8-13(7-11)30-17(31)14-9-15(10-4-2-1-3-5-10)32-16(14)20(27,28)29/h1-9H,(H,30,31). The molecular weight excluding hydrogens is 457 g/mol. The van der Waals surface area contributed by atoms with Crippen LogP contribution < -0.4 is 5.32 Å². The molecule has 3 rings (SSSR count). The van der Waals surface area contributed by atoms with Crippen molar-refractivity contribution in [1.82, 2.24) is 0 Å². The molecule has 0 bridgehead atoms. The average molecular weight is 467 g/mol. The van der Waals surface area contributed by atoms with Crippen LogP contribution in [-0.2, 0) is 18.5 Å². The van der Waals surface area contributed by atoms with Gasteiger partial charge in [-0.05, 0) is 24.3 Å². The molecule has 0 spiro atoms. The number of carbonyl (C=O) groups excluding carboxylic acids is 1. The Labute approximate surface area is 173 Å². The highest BCUT2D eigenvalue weighted by Gasteiger charge is 2.41. The van der Waals surface area contributed by atoms with Crippen molar-refractivity contribution >= 4 is 11.6 Å². The Balaban J connectivity index is 2.04. The van der Waals surface area contributed by atoms with Crippen LogP contribution in [0.25, 0.3) is 11.3 Å². The number of carbonyl (C=O) groups is 1. The third-order valence-electron chi connectivity index (χ3n) is 4.14. The summed E-state index contributed by atoms with van der Waals surface area (Å²) in [5, 5.41) is 1.66. The Hall–Kier alpha value is -3.44. The fraction of sp³-hybridized carbons (Fsp3) is 0.150. The second kappa shape index (κ2) is 7.92. The molecule has 3 nitrogen and oxygen atoms in total. The predicted molar refractivity (Wildman–Crippen MR) is 93.5 cm³/mol. The van der Waals surface area contributed by atoms with Crippen molar-refractivity contribution in [3.05, 3.63) is 77.0 Å². The lowest BCUT2D eigenvalue weighted by Gasteiger charge is -2.15. The van der Waals surface area contributed by atoms with Gasteiger partial charge in [0.1, 0.15) is 5.76 Å². The van der Waals surface area contributed by atoms with E-state index in [0.29, 0.717) is 6.07 Å². The highest BCUT2D eigenvalue weighted by Crippen LogP contribution is 2.39. The Morgan fingerprint density at radius 2 is 1.25 bits per heavy atom. The molecule has 0 aliphatic rings. The molecule has 3 aromatic rings. The number of furan rings is 1. The zero-order chi connectivity index (χ0) is 23.9. The van der Waals surface area contributed by atoms with Crippen LogP contribution in [0.4, 0.5) is 45.2 Å². The minimum absolute atomic E-state index is 0.162. The van der Waals surface area contributed by atoms with Gasteiger partial charge in [0.05, 0.1) is 16.7 Å². The summed E-state index contributed by atoms with van der Waals surface area (Å²) in [7, 11) is 0. The van der Waals surface area contributed by atoms with Gasteiger partial charge in [0.2, 0.25) is 5.76 Å². The highest BCUT2D eigenvalue weighted by atomic mass is 19.4. The fourth-order valence-corrected chi connectivity index (χ4v) is 2.74. The van der Waals surface area contributed by atoms with Crippen LogP contribution in [0.2, 0.25) is 0 Å². The number of alkyl halides is 9. The van der Waals surface area contributed by atoms with Crippen molar-refractivity contribution in [2.45, 2.75) is 18.5 Å². The number of anilines is 1. The van der Waals surface area contributed by atoms with Gasteiger partial charge in [-0.1, -0.05) is 30.3 Å². The maximum Gasteiger partial charge on any atom is 0.450 e. The molecular formula is C20H10F9NO2. The number of nitrogens with one attached hydrogen (secondary N) is 1. The van der Waals surface area contributed by atoms with Gasteiger partial charge >= 0.3 is 18.5 Å². The molecule has 1 aromatic heterocycles. The van der Waals surface area contributed by atoms with Crippen molar-refractivity contribution in [2.24, 2.45) is 0 Å². The van der Waals surface area contributed by atoms with Gasteiger partial charge in [0, 0.05) is 11.3 Å². The van der Waals surface area contributed by atoms with Crippen molar-refractivity contribution < 1.29 is 48.7 Å². The summed E-state index contributed by atoms with van der Waals surface area (Å²) in [4.78, 5) is 12.4. The number of hydrogen-bond acceptors (Lipinski definition) is 2. The van der Waals surface area contributed by atoms with E-state index in [2.05, 4.69) is 0 Å². The Bertz CT molecular complexity index is 1090. The second-order valence-corrected chi connectivity index (χ2v) is 6.47. The lowest BCUT2D eigenvalue weighted by atomic mass is 10.1. The number of rotatable bonds is 3. The summed E-state index contributed by atoms with van der Waals surface area (Å²) in [5.41, 5.74) is -5.42. The molecule has 0 radical (unpaired) electrons. The van der Waals surface area contributed by atoms with E-state index in [0.717, 1.165) is 0 Å². The molecule has 170 valence electrons. The van der Waals surface area contributed by atoms with Gasteiger partial charge in [0.25, 0.3) is 5.91 Å². The normalized spacial score (nSPS) is 12.7. The largest absolute Gasteiger partial charge is 0.451 e. The molecule has 0 aliphatic carbocycles. The Morgan fingerprint density at radius 3 is 1.72 bits per heavy atom. The van der Waals surface area contributed by atoms with Crippen LogP contribution in [-0.4, -0.2) is 5.91 Å². The monoisotopic (exact) mass is 467 g/mol. The van der Waals surface area contributed by atoms with E-state index < -0.39 is 52.6 Å². The summed E-state index contributed by atoms with van der Waals surface area (Å²) >= 11 is 0. The number of amides is 1. The molecule has 0 unspecified atom stereocenters. The molecule has 32 heavy (non-hydrogen) atoms. The van der Waals surface area contributed by atoms with Crippen LogP contribution >= 0.6 is 0 Å². The van der Waals surface area contributed by atoms with E-state index in [4.69, 9.17) is 4.42 Å².